The molecule has 0 spiro atoms. The molecule has 1 aliphatic carbocycles. The molecule has 1 saturated carbocycles. The van der Waals surface area contributed by atoms with Crippen LogP contribution in [0.25, 0.3) is 0 Å². The first kappa shape index (κ1) is 10.9. The van der Waals surface area contributed by atoms with E-state index in [-0.39, 0.29) is 22.6 Å². The summed E-state index contributed by atoms with van der Waals surface area (Å²) < 4.78 is 0. The maximum absolute atomic E-state index is 11.6. The maximum Gasteiger partial charge on any atom is 0.168 e. The van der Waals surface area contributed by atoms with Gasteiger partial charge in [0.1, 0.15) is 0 Å². The van der Waals surface area contributed by atoms with Crippen molar-refractivity contribution in [3.8, 4) is 0 Å². The molecular formula is C10H16N2O2. The second-order valence-electron chi connectivity index (χ2n) is 4.51. The zero-order valence-electron chi connectivity index (χ0n) is 8.81. The molecular weight excluding hydrogens is 180 g/mol. The summed E-state index contributed by atoms with van der Waals surface area (Å²) >= 11 is 0. The Morgan fingerprint density at radius 2 is 1.71 bits per heavy atom. The number of hydrogen-bond donors (Lipinski definition) is 2. The minimum absolute atomic E-state index is 0.110. The Balaban J connectivity index is 3.04. The molecule has 0 heterocycles. The number of carbonyl (C=O) groups excluding carboxylic acids is 2. The van der Waals surface area contributed by atoms with Gasteiger partial charge in [0, 0.05) is 18.5 Å². The summed E-state index contributed by atoms with van der Waals surface area (Å²) in [5.74, 6) is 4.96. The molecule has 1 fully saturated rings. The molecule has 4 nitrogen and oxygen atoms in total. The van der Waals surface area contributed by atoms with Crippen molar-refractivity contribution in [2.24, 2.45) is 11.3 Å². The zero-order chi connectivity index (χ0) is 10.9. The molecule has 14 heavy (non-hydrogen) atoms. The van der Waals surface area contributed by atoms with Crippen molar-refractivity contribution in [1.29, 1.82) is 0 Å². The molecule has 0 atom stereocenters. The third-order valence-electron chi connectivity index (χ3n) is 2.43. The number of nitrogens with two attached hydrogens (primary N) is 1. The predicted molar refractivity (Wildman–Crippen MR) is 53.1 cm³/mol. The number of nitrogens with one attached hydrogen (secondary N) is 1. The Labute approximate surface area is 83.5 Å². The fourth-order valence-corrected chi connectivity index (χ4v) is 1.75. The molecule has 0 radical (unpaired) electrons. The van der Waals surface area contributed by atoms with Crippen molar-refractivity contribution < 1.29 is 9.59 Å². The summed E-state index contributed by atoms with van der Waals surface area (Å²) in [6.45, 7) is 5.49. The van der Waals surface area contributed by atoms with E-state index in [9.17, 15) is 9.59 Å². The van der Waals surface area contributed by atoms with Gasteiger partial charge in [0.25, 0.3) is 0 Å². The van der Waals surface area contributed by atoms with E-state index in [1.54, 1.807) is 6.92 Å². The zero-order valence-corrected chi connectivity index (χ0v) is 8.81. The van der Waals surface area contributed by atoms with Gasteiger partial charge >= 0.3 is 0 Å². The molecule has 0 aromatic carbocycles. The van der Waals surface area contributed by atoms with Gasteiger partial charge in [-0.05, 0) is 12.3 Å². The van der Waals surface area contributed by atoms with Gasteiger partial charge in [0.2, 0.25) is 0 Å². The first-order valence-corrected chi connectivity index (χ1v) is 4.61. The van der Waals surface area contributed by atoms with Crippen LogP contribution in [0.15, 0.2) is 11.3 Å². The number of hydrogen-bond acceptors (Lipinski definition) is 4. The summed E-state index contributed by atoms with van der Waals surface area (Å²) in [7, 11) is 0. The lowest BCUT2D eigenvalue weighted by Gasteiger charge is -2.29. The van der Waals surface area contributed by atoms with Gasteiger partial charge in [0.05, 0.1) is 5.57 Å². The Morgan fingerprint density at radius 3 is 2.07 bits per heavy atom. The van der Waals surface area contributed by atoms with E-state index in [4.69, 9.17) is 5.84 Å². The lowest BCUT2D eigenvalue weighted by atomic mass is 9.73. The van der Waals surface area contributed by atoms with Crippen molar-refractivity contribution in [3.05, 3.63) is 11.3 Å². The van der Waals surface area contributed by atoms with Gasteiger partial charge in [-0.25, -0.2) is 0 Å². The molecule has 1 rings (SSSR count). The maximum atomic E-state index is 11.6. The summed E-state index contributed by atoms with van der Waals surface area (Å²) in [4.78, 5) is 23.3. The van der Waals surface area contributed by atoms with Gasteiger partial charge in [-0.15, -0.1) is 0 Å². The molecule has 0 amide bonds. The van der Waals surface area contributed by atoms with Crippen molar-refractivity contribution in [2.45, 2.75) is 33.6 Å². The van der Waals surface area contributed by atoms with Crippen molar-refractivity contribution in [3.63, 3.8) is 0 Å². The number of allylic oxidation sites excluding steroid dienone is 2. The van der Waals surface area contributed by atoms with Gasteiger partial charge in [-0.2, -0.15) is 0 Å². The van der Waals surface area contributed by atoms with Crippen LogP contribution in [0.5, 0.6) is 0 Å². The number of rotatable bonds is 1. The summed E-state index contributed by atoms with van der Waals surface area (Å²) in [6.07, 6.45) is 0.820. The van der Waals surface area contributed by atoms with Crippen LogP contribution < -0.4 is 11.3 Å². The van der Waals surface area contributed by atoms with Crippen LogP contribution in [0.3, 0.4) is 0 Å². The lowest BCUT2D eigenvalue weighted by molar-refractivity contribution is -0.127. The average molecular weight is 196 g/mol. The van der Waals surface area contributed by atoms with E-state index in [0.29, 0.717) is 18.5 Å². The van der Waals surface area contributed by atoms with E-state index >= 15 is 0 Å². The summed E-state index contributed by atoms with van der Waals surface area (Å²) in [5.41, 5.74) is 2.86. The quantitative estimate of drug-likeness (QED) is 0.280. The normalized spacial score (nSPS) is 21.0. The van der Waals surface area contributed by atoms with Crippen molar-refractivity contribution >= 4 is 11.6 Å². The van der Waals surface area contributed by atoms with Crippen LogP contribution >= 0.6 is 0 Å². The first-order valence-electron chi connectivity index (χ1n) is 4.61. The van der Waals surface area contributed by atoms with E-state index in [2.05, 4.69) is 5.43 Å². The minimum atomic E-state index is -0.216. The van der Waals surface area contributed by atoms with Crippen molar-refractivity contribution in [1.82, 2.24) is 5.43 Å². The summed E-state index contributed by atoms with van der Waals surface area (Å²) in [5, 5.41) is 0. The molecule has 3 N–H and O–H groups in total. The van der Waals surface area contributed by atoms with Crippen LogP contribution in [-0.4, -0.2) is 11.6 Å². The number of ketones is 2. The number of hydrazine groups is 1. The van der Waals surface area contributed by atoms with Crippen LogP contribution in [0, 0.1) is 5.41 Å². The van der Waals surface area contributed by atoms with Crippen LogP contribution in [-0.2, 0) is 9.59 Å². The average Bonchev–Trinajstić information content (AvgIpc) is 1.99. The predicted octanol–water partition coefficient (Wildman–Crippen LogP) is 0.682. The van der Waals surface area contributed by atoms with Gasteiger partial charge in [-0.3, -0.25) is 15.4 Å². The lowest BCUT2D eigenvalue weighted by Crippen LogP contribution is -2.35. The minimum Gasteiger partial charge on any atom is -0.328 e. The molecule has 0 aromatic heterocycles. The van der Waals surface area contributed by atoms with Gasteiger partial charge in [-0.1, -0.05) is 13.8 Å². The third-order valence-corrected chi connectivity index (χ3v) is 2.43. The number of carbonyl (C=O) groups is 2. The molecule has 0 aliphatic heterocycles. The molecule has 1 aliphatic rings. The third kappa shape index (κ3) is 2.01. The summed E-state index contributed by atoms with van der Waals surface area (Å²) in [6, 6.07) is 0. The molecule has 4 heteroatoms. The van der Waals surface area contributed by atoms with E-state index in [1.807, 2.05) is 13.8 Å². The highest BCUT2D eigenvalue weighted by molar-refractivity contribution is 6.22. The Morgan fingerprint density at radius 1 is 1.29 bits per heavy atom. The molecule has 0 bridgehead atoms. The molecule has 0 aromatic rings. The Kier molecular flexibility index (Phi) is 2.76. The second-order valence-corrected chi connectivity index (χ2v) is 4.51. The highest BCUT2D eigenvalue weighted by Gasteiger charge is 2.36. The Hall–Kier alpha value is -1.16. The number of Topliss-reactive ketones (excluding diaryl/α,β-unsaturated/α-hetero) is 2. The van der Waals surface area contributed by atoms with Crippen LogP contribution in [0.2, 0.25) is 0 Å². The SMILES string of the molecule is CC(NN)=C1C(=O)CC(C)(C)CC1=O. The largest absolute Gasteiger partial charge is 0.328 e. The van der Waals surface area contributed by atoms with Crippen LogP contribution in [0.4, 0.5) is 0 Å². The molecule has 0 saturated heterocycles. The van der Waals surface area contributed by atoms with Crippen LogP contribution in [0.1, 0.15) is 33.6 Å². The molecule has 0 unspecified atom stereocenters. The highest BCUT2D eigenvalue weighted by Crippen LogP contribution is 2.34. The second kappa shape index (κ2) is 3.53. The fourth-order valence-electron chi connectivity index (χ4n) is 1.75. The van der Waals surface area contributed by atoms with E-state index in [0.717, 1.165) is 0 Å². The van der Waals surface area contributed by atoms with Crippen molar-refractivity contribution in [2.75, 3.05) is 0 Å². The highest BCUT2D eigenvalue weighted by atomic mass is 16.2. The first-order chi connectivity index (χ1) is 6.37. The smallest absolute Gasteiger partial charge is 0.168 e. The van der Waals surface area contributed by atoms with Gasteiger partial charge in [0.15, 0.2) is 11.6 Å². The van der Waals surface area contributed by atoms with E-state index in [1.165, 1.54) is 0 Å². The fraction of sp³-hybridized carbons (Fsp3) is 0.600. The molecule has 78 valence electrons. The topological polar surface area (TPSA) is 72.2 Å². The van der Waals surface area contributed by atoms with E-state index < -0.39 is 0 Å². The Bertz CT molecular complexity index is 294. The standard InChI is InChI=1S/C10H16N2O2/c1-6(12-11)9-7(13)4-10(2,3)5-8(9)14/h12H,4-5,11H2,1-3H3. The van der Waals surface area contributed by atoms with Gasteiger partial charge < -0.3 is 5.43 Å². The monoisotopic (exact) mass is 196 g/mol.